The molecule has 1 fully saturated rings. The van der Waals surface area contributed by atoms with Crippen molar-refractivity contribution in [1.29, 1.82) is 0 Å². The van der Waals surface area contributed by atoms with Crippen LogP contribution >= 0.6 is 0 Å². The molecular formula is C13H16N2O5. The van der Waals surface area contributed by atoms with Crippen LogP contribution in [0, 0.1) is 10.1 Å². The maximum Gasteiger partial charge on any atom is 0.344 e. The molecule has 7 nitrogen and oxygen atoms in total. The molecule has 0 aliphatic carbocycles. The number of nitro benzene ring substituents is 1. The van der Waals surface area contributed by atoms with Crippen molar-refractivity contribution < 1.29 is 19.2 Å². The summed E-state index contributed by atoms with van der Waals surface area (Å²) in [6.45, 7) is 1.38. The zero-order valence-electron chi connectivity index (χ0n) is 11.1. The summed E-state index contributed by atoms with van der Waals surface area (Å²) in [6.07, 6.45) is 1.73. The van der Waals surface area contributed by atoms with E-state index in [4.69, 9.17) is 4.74 Å². The first kappa shape index (κ1) is 14.3. The predicted molar refractivity (Wildman–Crippen MR) is 71.9 cm³/mol. The van der Waals surface area contributed by atoms with Gasteiger partial charge in [0.15, 0.2) is 0 Å². The molecule has 1 aliphatic rings. The van der Waals surface area contributed by atoms with Crippen molar-refractivity contribution in [2.75, 3.05) is 25.6 Å². The topological polar surface area (TPSA) is 90.7 Å². The second-order valence-corrected chi connectivity index (χ2v) is 4.51. The number of methoxy groups -OCH3 is 1. The van der Waals surface area contributed by atoms with Gasteiger partial charge in [0, 0.05) is 31.0 Å². The predicted octanol–water partition coefficient (Wildman–Crippen LogP) is 1.97. The molecule has 1 aromatic rings. The Morgan fingerprint density at radius 3 is 2.75 bits per heavy atom. The minimum atomic E-state index is -0.715. The quantitative estimate of drug-likeness (QED) is 0.515. The number of rotatable bonds is 4. The monoisotopic (exact) mass is 280 g/mol. The first-order valence-corrected chi connectivity index (χ1v) is 6.33. The molecule has 0 bridgehead atoms. The lowest BCUT2D eigenvalue weighted by Crippen LogP contribution is -2.27. The maximum absolute atomic E-state index is 11.6. The Morgan fingerprint density at radius 2 is 2.15 bits per heavy atom. The number of nitro groups is 1. The Bertz CT molecular complexity index is 511. The van der Waals surface area contributed by atoms with E-state index in [1.165, 1.54) is 19.2 Å². The lowest BCUT2D eigenvalue weighted by Gasteiger charge is -2.24. The van der Waals surface area contributed by atoms with E-state index < -0.39 is 10.9 Å². The van der Waals surface area contributed by atoms with Crippen LogP contribution in [-0.2, 0) is 9.47 Å². The van der Waals surface area contributed by atoms with Crippen molar-refractivity contribution in [3.8, 4) is 0 Å². The number of ether oxygens (including phenoxy) is 2. The van der Waals surface area contributed by atoms with Gasteiger partial charge in [0.05, 0.1) is 12.0 Å². The Morgan fingerprint density at radius 1 is 1.45 bits per heavy atom. The van der Waals surface area contributed by atoms with Gasteiger partial charge in [0.1, 0.15) is 5.56 Å². The second-order valence-electron chi connectivity index (χ2n) is 4.51. The molecule has 0 amide bonds. The highest BCUT2D eigenvalue weighted by Crippen LogP contribution is 2.25. The highest BCUT2D eigenvalue weighted by Gasteiger charge is 2.22. The normalized spacial score (nSPS) is 15.7. The number of nitrogens with zero attached hydrogens (tertiary/aromatic N) is 1. The summed E-state index contributed by atoms with van der Waals surface area (Å²) in [5, 5.41) is 14.2. The summed E-state index contributed by atoms with van der Waals surface area (Å²) < 4.78 is 9.84. The number of carbonyl (C=O) groups excluding carboxylic acids is 1. The molecule has 0 atom stereocenters. The third-order valence-electron chi connectivity index (χ3n) is 3.19. The Hall–Kier alpha value is -2.15. The number of esters is 1. The molecule has 7 heteroatoms. The maximum atomic E-state index is 11.6. The van der Waals surface area contributed by atoms with Crippen LogP contribution in [0.15, 0.2) is 18.2 Å². The van der Waals surface area contributed by atoms with E-state index in [9.17, 15) is 14.9 Å². The van der Waals surface area contributed by atoms with Gasteiger partial charge >= 0.3 is 5.97 Å². The number of nitrogens with one attached hydrogen (secondary N) is 1. The smallest absolute Gasteiger partial charge is 0.344 e. The Labute approximate surface area is 116 Å². The molecule has 0 saturated carbocycles. The first-order valence-electron chi connectivity index (χ1n) is 6.33. The number of benzene rings is 1. The number of carbonyl (C=O) groups is 1. The van der Waals surface area contributed by atoms with Gasteiger partial charge in [-0.05, 0) is 25.0 Å². The SMILES string of the molecule is COC(=O)c1cc(NC2CCOCC2)ccc1[N+](=O)[O-]. The van der Waals surface area contributed by atoms with Crippen LogP contribution in [0.3, 0.4) is 0 Å². The largest absolute Gasteiger partial charge is 0.465 e. The summed E-state index contributed by atoms with van der Waals surface area (Å²) in [7, 11) is 1.20. The molecule has 1 saturated heterocycles. The molecule has 2 rings (SSSR count). The van der Waals surface area contributed by atoms with Gasteiger partial charge in [-0.25, -0.2) is 4.79 Å². The van der Waals surface area contributed by atoms with Crippen molar-refractivity contribution in [3.63, 3.8) is 0 Å². The second kappa shape index (κ2) is 6.33. The average Bonchev–Trinajstić information content (AvgIpc) is 2.47. The Kier molecular flexibility index (Phi) is 4.52. The van der Waals surface area contributed by atoms with Crippen LogP contribution in [0.1, 0.15) is 23.2 Å². The fourth-order valence-corrected chi connectivity index (χ4v) is 2.14. The van der Waals surface area contributed by atoms with Crippen LogP contribution in [0.25, 0.3) is 0 Å². The van der Waals surface area contributed by atoms with Crippen LogP contribution in [0.4, 0.5) is 11.4 Å². The van der Waals surface area contributed by atoms with Gasteiger partial charge in [0.2, 0.25) is 0 Å². The number of hydrogen-bond donors (Lipinski definition) is 1. The van der Waals surface area contributed by atoms with Crippen LogP contribution in [0.5, 0.6) is 0 Å². The highest BCUT2D eigenvalue weighted by molar-refractivity contribution is 5.95. The van der Waals surface area contributed by atoms with Crippen molar-refractivity contribution in [3.05, 3.63) is 33.9 Å². The third kappa shape index (κ3) is 3.24. The summed E-state index contributed by atoms with van der Waals surface area (Å²) in [5.74, 6) is -0.715. The lowest BCUT2D eigenvalue weighted by atomic mass is 10.1. The molecule has 0 spiro atoms. The summed E-state index contributed by atoms with van der Waals surface area (Å²) >= 11 is 0. The fourth-order valence-electron chi connectivity index (χ4n) is 2.14. The van der Waals surface area contributed by atoms with Gasteiger partial charge < -0.3 is 14.8 Å². The van der Waals surface area contributed by atoms with Gasteiger partial charge in [-0.3, -0.25) is 10.1 Å². The van der Waals surface area contributed by atoms with Gasteiger partial charge in [0.25, 0.3) is 5.69 Å². The van der Waals surface area contributed by atoms with Crippen molar-refractivity contribution in [1.82, 2.24) is 0 Å². The first-order chi connectivity index (χ1) is 9.61. The van der Waals surface area contributed by atoms with Crippen molar-refractivity contribution in [2.24, 2.45) is 0 Å². The van der Waals surface area contributed by atoms with Gasteiger partial charge in [-0.1, -0.05) is 0 Å². The Balaban J connectivity index is 2.22. The molecule has 0 radical (unpaired) electrons. The molecule has 1 aliphatic heterocycles. The standard InChI is InChI=1S/C13H16N2O5/c1-19-13(16)11-8-10(2-3-12(11)15(17)18)14-9-4-6-20-7-5-9/h2-3,8-9,14H,4-7H2,1H3. The van der Waals surface area contributed by atoms with Crippen LogP contribution < -0.4 is 5.32 Å². The molecule has 1 heterocycles. The van der Waals surface area contributed by atoms with Crippen molar-refractivity contribution in [2.45, 2.75) is 18.9 Å². The van der Waals surface area contributed by atoms with E-state index in [0.717, 1.165) is 12.8 Å². The third-order valence-corrected chi connectivity index (χ3v) is 3.19. The van der Waals surface area contributed by atoms with Gasteiger partial charge in [-0.2, -0.15) is 0 Å². The van der Waals surface area contributed by atoms with E-state index in [1.54, 1.807) is 6.07 Å². The van der Waals surface area contributed by atoms with E-state index in [-0.39, 0.29) is 17.3 Å². The fraction of sp³-hybridized carbons (Fsp3) is 0.462. The molecule has 0 unspecified atom stereocenters. The molecular weight excluding hydrogens is 264 g/mol. The zero-order valence-corrected chi connectivity index (χ0v) is 11.1. The summed E-state index contributed by atoms with van der Waals surface area (Å²) in [6, 6.07) is 4.61. The van der Waals surface area contributed by atoms with Crippen LogP contribution in [-0.4, -0.2) is 37.3 Å². The van der Waals surface area contributed by atoms with Crippen LogP contribution in [0.2, 0.25) is 0 Å². The van der Waals surface area contributed by atoms with Crippen molar-refractivity contribution >= 4 is 17.3 Å². The minimum Gasteiger partial charge on any atom is -0.465 e. The number of hydrogen-bond acceptors (Lipinski definition) is 6. The minimum absolute atomic E-state index is 0.0467. The average molecular weight is 280 g/mol. The van der Waals surface area contributed by atoms with E-state index >= 15 is 0 Å². The molecule has 20 heavy (non-hydrogen) atoms. The molecule has 108 valence electrons. The summed E-state index contributed by atoms with van der Waals surface area (Å²) in [4.78, 5) is 21.9. The van der Waals surface area contributed by atoms with Gasteiger partial charge in [-0.15, -0.1) is 0 Å². The summed E-state index contributed by atoms with van der Waals surface area (Å²) in [5.41, 5.74) is 0.367. The van der Waals surface area contributed by atoms with E-state index in [2.05, 4.69) is 10.1 Å². The molecule has 0 aromatic heterocycles. The van der Waals surface area contributed by atoms with E-state index in [0.29, 0.717) is 18.9 Å². The number of anilines is 1. The van der Waals surface area contributed by atoms with E-state index in [1.807, 2.05) is 0 Å². The lowest BCUT2D eigenvalue weighted by molar-refractivity contribution is -0.385. The molecule has 1 aromatic carbocycles. The zero-order chi connectivity index (χ0) is 14.5. The highest BCUT2D eigenvalue weighted by atomic mass is 16.6. The molecule has 1 N–H and O–H groups in total.